The van der Waals surface area contributed by atoms with Gasteiger partial charge in [-0.25, -0.2) is 4.98 Å². The van der Waals surface area contributed by atoms with E-state index in [1.807, 2.05) is 19.1 Å². The molecule has 2 rings (SSSR count). The predicted octanol–water partition coefficient (Wildman–Crippen LogP) is 2.68. The average Bonchev–Trinajstić information content (AvgIpc) is 2.47. The summed E-state index contributed by atoms with van der Waals surface area (Å²) in [4.78, 5) is 15.4. The van der Waals surface area contributed by atoms with Gasteiger partial charge in [-0.2, -0.15) is 4.39 Å². The highest BCUT2D eigenvalue weighted by Crippen LogP contribution is 2.12. The highest BCUT2D eigenvalue weighted by molar-refractivity contribution is 5.94. The number of nitrogens with zero attached hydrogens (tertiary/aromatic N) is 1. The molecule has 0 saturated heterocycles. The van der Waals surface area contributed by atoms with Crippen LogP contribution >= 0.6 is 0 Å². The van der Waals surface area contributed by atoms with E-state index in [9.17, 15) is 14.3 Å². The summed E-state index contributed by atoms with van der Waals surface area (Å²) in [5.41, 5.74) is 1.02. The number of carbonyl (C=O) groups is 1. The number of hydrogen-bond donors (Lipinski definition) is 2. The highest BCUT2D eigenvalue weighted by Gasteiger charge is 2.14. The van der Waals surface area contributed by atoms with E-state index in [0.717, 1.165) is 18.4 Å². The number of benzene rings is 1. The molecular formula is C16H17FN2O2. The molecule has 0 fully saturated rings. The summed E-state index contributed by atoms with van der Waals surface area (Å²) >= 11 is 0. The van der Waals surface area contributed by atoms with E-state index in [-0.39, 0.29) is 17.4 Å². The van der Waals surface area contributed by atoms with Gasteiger partial charge in [0.25, 0.3) is 5.91 Å². The third-order valence-electron chi connectivity index (χ3n) is 3.18. The second-order valence-corrected chi connectivity index (χ2v) is 4.92. The number of rotatable bonds is 5. The van der Waals surface area contributed by atoms with Gasteiger partial charge >= 0.3 is 0 Å². The van der Waals surface area contributed by atoms with Crippen LogP contribution in [0.15, 0.2) is 42.6 Å². The summed E-state index contributed by atoms with van der Waals surface area (Å²) in [5, 5.41) is 12.0. The molecule has 0 radical (unpaired) electrons. The third kappa shape index (κ3) is 4.27. The van der Waals surface area contributed by atoms with Gasteiger partial charge in [-0.15, -0.1) is 0 Å². The Morgan fingerprint density at radius 3 is 2.71 bits per heavy atom. The molecule has 5 heteroatoms. The number of phenols is 1. The second kappa shape index (κ2) is 6.83. The van der Waals surface area contributed by atoms with Crippen molar-refractivity contribution in [3.8, 4) is 5.75 Å². The zero-order valence-corrected chi connectivity index (χ0v) is 11.7. The first kappa shape index (κ1) is 15.0. The minimum atomic E-state index is -0.763. The van der Waals surface area contributed by atoms with Crippen molar-refractivity contribution >= 4 is 5.91 Å². The Morgan fingerprint density at radius 2 is 2.05 bits per heavy atom. The fourth-order valence-electron chi connectivity index (χ4n) is 1.97. The quantitative estimate of drug-likeness (QED) is 0.831. The van der Waals surface area contributed by atoms with Crippen LogP contribution in [-0.4, -0.2) is 22.0 Å². The van der Waals surface area contributed by atoms with E-state index >= 15 is 0 Å². The zero-order chi connectivity index (χ0) is 15.2. The topological polar surface area (TPSA) is 62.2 Å². The maximum Gasteiger partial charge on any atom is 0.256 e. The molecule has 1 heterocycles. The number of aromatic nitrogens is 1. The standard InChI is InChI=1S/C16H17FN2O2/c1-11(4-5-12-6-8-13(20)9-7-12)19-16(21)14-3-2-10-18-15(14)17/h2-3,6-11,20H,4-5H2,1H3,(H,19,21). The Hall–Kier alpha value is -2.43. The van der Waals surface area contributed by atoms with Crippen molar-refractivity contribution in [3.05, 3.63) is 59.7 Å². The second-order valence-electron chi connectivity index (χ2n) is 4.92. The molecule has 0 aliphatic heterocycles. The van der Waals surface area contributed by atoms with Crippen LogP contribution in [0.3, 0.4) is 0 Å². The number of pyridine rings is 1. The van der Waals surface area contributed by atoms with Gasteiger partial charge in [0.15, 0.2) is 0 Å². The van der Waals surface area contributed by atoms with Crippen LogP contribution < -0.4 is 5.32 Å². The van der Waals surface area contributed by atoms with E-state index in [0.29, 0.717) is 0 Å². The SMILES string of the molecule is CC(CCc1ccc(O)cc1)NC(=O)c1cccnc1F. The maximum atomic E-state index is 13.4. The molecule has 1 amide bonds. The fourth-order valence-corrected chi connectivity index (χ4v) is 1.97. The van der Waals surface area contributed by atoms with Gasteiger partial charge in [0.1, 0.15) is 5.75 Å². The van der Waals surface area contributed by atoms with E-state index < -0.39 is 11.9 Å². The molecule has 0 aliphatic rings. The van der Waals surface area contributed by atoms with Crippen LogP contribution in [0.2, 0.25) is 0 Å². The number of amides is 1. The van der Waals surface area contributed by atoms with Gasteiger partial charge in [-0.05, 0) is 49.6 Å². The van der Waals surface area contributed by atoms with Gasteiger partial charge in [0.2, 0.25) is 5.95 Å². The van der Waals surface area contributed by atoms with Crippen LogP contribution in [-0.2, 0) is 6.42 Å². The normalized spacial score (nSPS) is 11.9. The molecule has 110 valence electrons. The lowest BCUT2D eigenvalue weighted by molar-refractivity contribution is 0.0933. The van der Waals surface area contributed by atoms with Crippen LogP contribution in [0.1, 0.15) is 29.3 Å². The minimum absolute atomic E-state index is 0.0472. The van der Waals surface area contributed by atoms with Gasteiger partial charge in [0.05, 0.1) is 5.56 Å². The highest BCUT2D eigenvalue weighted by atomic mass is 19.1. The molecule has 1 atom stereocenters. The summed E-state index contributed by atoms with van der Waals surface area (Å²) < 4.78 is 13.4. The molecule has 0 bridgehead atoms. The lowest BCUT2D eigenvalue weighted by Crippen LogP contribution is -2.33. The Morgan fingerprint density at radius 1 is 1.33 bits per heavy atom. The maximum absolute atomic E-state index is 13.4. The minimum Gasteiger partial charge on any atom is -0.508 e. The number of carbonyl (C=O) groups excluding carboxylic acids is 1. The molecular weight excluding hydrogens is 271 g/mol. The number of halogens is 1. The molecule has 1 aromatic heterocycles. The molecule has 2 aromatic rings. The first-order valence-corrected chi connectivity index (χ1v) is 6.75. The largest absolute Gasteiger partial charge is 0.508 e. The van der Waals surface area contributed by atoms with Crippen LogP contribution in [0.25, 0.3) is 0 Å². The number of aryl methyl sites for hydroxylation is 1. The number of aromatic hydroxyl groups is 1. The Bertz CT molecular complexity index is 614. The van der Waals surface area contributed by atoms with Crippen molar-refractivity contribution in [1.82, 2.24) is 10.3 Å². The lowest BCUT2D eigenvalue weighted by Gasteiger charge is -2.14. The first-order chi connectivity index (χ1) is 10.1. The lowest BCUT2D eigenvalue weighted by atomic mass is 10.1. The average molecular weight is 288 g/mol. The summed E-state index contributed by atoms with van der Waals surface area (Å²) in [7, 11) is 0. The van der Waals surface area contributed by atoms with Crippen LogP contribution in [0.5, 0.6) is 5.75 Å². The zero-order valence-electron chi connectivity index (χ0n) is 11.7. The number of hydrogen-bond acceptors (Lipinski definition) is 3. The molecule has 21 heavy (non-hydrogen) atoms. The van der Waals surface area contributed by atoms with Crippen molar-refractivity contribution in [2.75, 3.05) is 0 Å². The summed E-state index contributed by atoms with van der Waals surface area (Å²) in [6, 6.07) is 9.78. The summed E-state index contributed by atoms with van der Waals surface area (Å²) in [5.74, 6) is -0.994. The van der Waals surface area contributed by atoms with Crippen molar-refractivity contribution in [1.29, 1.82) is 0 Å². The van der Waals surface area contributed by atoms with E-state index in [2.05, 4.69) is 10.3 Å². The monoisotopic (exact) mass is 288 g/mol. The van der Waals surface area contributed by atoms with Gasteiger partial charge in [0, 0.05) is 12.2 Å². The Kier molecular flexibility index (Phi) is 4.87. The van der Waals surface area contributed by atoms with E-state index in [1.165, 1.54) is 18.3 Å². The number of phenolic OH excluding ortho intramolecular Hbond substituents is 1. The molecule has 2 N–H and O–H groups in total. The van der Waals surface area contributed by atoms with Gasteiger partial charge in [-0.3, -0.25) is 4.79 Å². The van der Waals surface area contributed by atoms with Crippen LogP contribution in [0.4, 0.5) is 4.39 Å². The van der Waals surface area contributed by atoms with Crippen molar-refractivity contribution in [3.63, 3.8) is 0 Å². The van der Waals surface area contributed by atoms with Crippen molar-refractivity contribution < 1.29 is 14.3 Å². The summed E-state index contributed by atoms with van der Waals surface area (Å²) in [6.45, 7) is 1.87. The van der Waals surface area contributed by atoms with Crippen LogP contribution in [0, 0.1) is 5.95 Å². The van der Waals surface area contributed by atoms with Gasteiger partial charge in [-0.1, -0.05) is 12.1 Å². The molecule has 4 nitrogen and oxygen atoms in total. The summed E-state index contributed by atoms with van der Waals surface area (Å²) in [6.07, 6.45) is 2.79. The Labute approximate surface area is 122 Å². The molecule has 0 spiro atoms. The van der Waals surface area contributed by atoms with E-state index in [4.69, 9.17) is 0 Å². The Balaban J connectivity index is 1.87. The smallest absolute Gasteiger partial charge is 0.256 e. The fraction of sp³-hybridized carbons (Fsp3) is 0.250. The van der Waals surface area contributed by atoms with Crippen molar-refractivity contribution in [2.24, 2.45) is 0 Å². The first-order valence-electron chi connectivity index (χ1n) is 6.75. The van der Waals surface area contributed by atoms with E-state index in [1.54, 1.807) is 12.1 Å². The molecule has 1 unspecified atom stereocenters. The molecule has 0 aliphatic carbocycles. The third-order valence-corrected chi connectivity index (χ3v) is 3.18. The molecule has 0 saturated carbocycles. The molecule has 1 aromatic carbocycles. The predicted molar refractivity (Wildman–Crippen MR) is 77.6 cm³/mol. The van der Waals surface area contributed by atoms with Gasteiger partial charge < -0.3 is 10.4 Å². The number of nitrogens with one attached hydrogen (secondary N) is 1. The van der Waals surface area contributed by atoms with Crippen molar-refractivity contribution in [2.45, 2.75) is 25.8 Å².